The Morgan fingerprint density at radius 1 is 0.950 bits per heavy atom. The number of quaternary nitrogens is 1. The average molecular weight is 284 g/mol. The van der Waals surface area contributed by atoms with Gasteiger partial charge in [-0.1, -0.05) is 53.6 Å². The second-order valence-electron chi connectivity index (χ2n) is 4.30. The SMILES string of the molecule is [O-][N+]1(c2ccccc2)C=C(O)SC(c2ccccc2)=N1. The molecule has 0 fully saturated rings. The maximum absolute atomic E-state index is 12.8. The van der Waals surface area contributed by atoms with Crippen molar-refractivity contribution in [1.82, 2.24) is 4.76 Å². The van der Waals surface area contributed by atoms with Gasteiger partial charge in [-0.3, -0.25) is 0 Å². The van der Waals surface area contributed by atoms with Crippen molar-refractivity contribution in [3.8, 4) is 0 Å². The summed E-state index contributed by atoms with van der Waals surface area (Å²) in [7, 11) is 0. The Balaban J connectivity index is 2.07. The third kappa shape index (κ3) is 2.46. The fraction of sp³-hybridized carbons (Fsp3) is 0. The standard InChI is InChI=1S/C15H12N2O2S/c18-14-11-17(19,13-9-5-2-6-10-13)16-15(20-14)12-7-3-1-4-8-12/h1-11,18H. The molecule has 1 aliphatic rings. The zero-order valence-electron chi connectivity index (χ0n) is 10.5. The minimum Gasteiger partial charge on any atom is -0.594 e. The van der Waals surface area contributed by atoms with Gasteiger partial charge in [-0.25, -0.2) is 0 Å². The highest BCUT2D eigenvalue weighted by Crippen LogP contribution is 2.33. The van der Waals surface area contributed by atoms with Gasteiger partial charge < -0.3 is 10.3 Å². The van der Waals surface area contributed by atoms with E-state index in [1.54, 1.807) is 24.3 Å². The van der Waals surface area contributed by atoms with Crippen LogP contribution in [0.2, 0.25) is 0 Å². The minimum absolute atomic E-state index is 0.0438. The molecule has 0 radical (unpaired) electrons. The third-order valence-electron chi connectivity index (χ3n) is 2.87. The lowest BCUT2D eigenvalue weighted by Gasteiger charge is -2.33. The van der Waals surface area contributed by atoms with Crippen LogP contribution in [0.25, 0.3) is 0 Å². The van der Waals surface area contributed by atoms with Gasteiger partial charge in [0.1, 0.15) is 0 Å². The summed E-state index contributed by atoms with van der Waals surface area (Å²) in [5.41, 5.74) is 1.26. The number of hydroxylamine groups is 1. The number of thioether (sulfide) groups is 1. The molecule has 2 aromatic rings. The van der Waals surface area contributed by atoms with Crippen LogP contribution in [0, 0.1) is 5.21 Å². The fourth-order valence-electron chi connectivity index (χ4n) is 1.93. The molecule has 4 nitrogen and oxygen atoms in total. The minimum atomic E-state index is -1.04. The summed E-state index contributed by atoms with van der Waals surface area (Å²) in [5, 5.41) is 27.4. The predicted octanol–water partition coefficient (Wildman–Crippen LogP) is 3.96. The van der Waals surface area contributed by atoms with Gasteiger partial charge in [0, 0.05) is 17.7 Å². The quantitative estimate of drug-likeness (QED) is 0.671. The summed E-state index contributed by atoms with van der Waals surface area (Å²) in [4.78, 5) is 0. The monoisotopic (exact) mass is 284 g/mol. The third-order valence-corrected chi connectivity index (χ3v) is 3.70. The van der Waals surface area contributed by atoms with Crippen molar-refractivity contribution in [2.24, 2.45) is 5.10 Å². The molecule has 3 rings (SSSR count). The number of nitrogens with zero attached hydrogens (tertiary/aromatic N) is 2. The van der Waals surface area contributed by atoms with Gasteiger partial charge in [0.2, 0.25) is 5.09 Å². The van der Waals surface area contributed by atoms with Crippen LogP contribution in [0.4, 0.5) is 5.69 Å². The molecule has 1 aliphatic heterocycles. The second-order valence-corrected chi connectivity index (χ2v) is 5.31. The van der Waals surface area contributed by atoms with Gasteiger partial charge in [0.05, 0.1) is 0 Å². The van der Waals surface area contributed by atoms with E-state index in [0.29, 0.717) is 10.7 Å². The number of rotatable bonds is 2. The molecule has 0 aromatic heterocycles. The lowest BCUT2D eigenvalue weighted by molar-refractivity contribution is 0.423. The molecule has 20 heavy (non-hydrogen) atoms. The molecule has 1 heterocycles. The van der Waals surface area contributed by atoms with Crippen LogP contribution >= 0.6 is 11.8 Å². The molecule has 100 valence electrons. The predicted molar refractivity (Wildman–Crippen MR) is 82.9 cm³/mol. The van der Waals surface area contributed by atoms with Crippen molar-refractivity contribution >= 4 is 22.5 Å². The molecule has 5 heteroatoms. The van der Waals surface area contributed by atoms with E-state index >= 15 is 0 Å². The normalized spacial score (nSPS) is 22.1. The fourth-order valence-corrected chi connectivity index (χ4v) is 2.74. The van der Waals surface area contributed by atoms with E-state index in [1.165, 1.54) is 6.20 Å². The Morgan fingerprint density at radius 2 is 1.55 bits per heavy atom. The van der Waals surface area contributed by atoms with Crippen LogP contribution in [0.5, 0.6) is 0 Å². The van der Waals surface area contributed by atoms with Crippen LogP contribution in [0.3, 0.4) is 0 Å². The summed E-state index contributed by atoms with van der Waals surface area (Å²) < 4.78 is -1.04. The van der Waals surface area contributed by atoms with E-state index in [9.17, 15) is 10.3 Å². The Labute approximate surface area is 120 Å². The largest absolute Gasteiger partial charge is 0.594 e. The molecule has 1 N–H and O–H groups in total. The van der Waals surface area contributed by atoms with E-state index < -0.39 is 4.76 Å². The molecule has 2 aromatic carbocycles. The summed E-state index contributed by atoms with van der Waals surface area (Å²) in [5.74, 6) is 0. The molecule has 1 atom stereocenters. The Hall–Kier alpha value is -2.08. The first kappa shape index (κ1) is 12.9. The first-order chi connectivity index (χ1) is 9.67. The lowest BCUT2D eigenvalue weighted by Crippen LogP contribution is -2.34. The first-order valence-corrected chi connectivity index (χ1v) is 6.90. The molecule has 0 saturated carbocycles. The van der Waals surface area contributed by atoms with Crippen LogP contribution in [0.1, 0.15) is 5.56 Å². The van der Waals surface area contributed by atoms with Gasteiger partial charge in [-0.05, 0) is 11.8 Å². The van der Waals surface area contributed by atoms with E-state index in [-0.39, 0.29) is 5.09 Å². The lowest BCUT2D eigenvalue weighted by atomic mass is 10.2. The van der Waals surface area contributed by atoms with E-state index in [1.807, 2.05) is 36.4 Å². The molecule has 0 amide bonds. The van der Waals surface area contributed by atoms with Gasteiger partial charge in [-0.15, -0.1) is 0 Å². The molecule has 0 spiro atoms. The van der Waals surface area contributed by atoms with Crippen molar-refractivity contribution in [2.45, 2.75) is 0 Å². The van der Waals surface area contributed by atoms with Crippen molar-refractivity contribution in [2.75, 3.05) is 0 Å². The van der Waals surface area contributed by atoms with Crippen LogP contribution in [0.15, 0.2) is 77.1 Å². The highest BCUT2D eigenvalue weighted by atomic mass is 32.2. The van der Waals surface area contributed by atoms with Crippen molar-refractivity contribution in [3.63, 3.8) is 0 Å². The Morgan fingerprint density at radius 3 is 2.20 bits per heavy atom. The zero-order valence-corrected chi connectivity index (χ0v) is 11.3. The smallest absolute Gasteiger partial charge is 0.214 e. The maximum Gasteiger partial charge on any atom is 0.214 e. The molecule has 0 bridgehead atoms. The van der Waals surface area contributed by atoms with Gasteiger partial charge in [0.15, 0.2) is 16.9 Å². The summed E-state index contributed by atoms with van der Waals surface area (Å²) in [6.07, 6.45) is 1.19. The molecular formula is C15H12N2O2S. The number of para-hydroxylation sites is 1. The topological polar surface area (TPSA) is 55.6 Å². The van der Waals surface area contributed by atoms with Gasteiger partial charge in [-0.2, -0.15) is 4.76 Å². The highest BCUT2D eigenvalue weighted by molar-refractivity contribution is 8.17. The van der Waals surface area contributed by atoms with Crippen LogP contribution in [-0.4, -0.2) is 10.2 Å². The van der Waals surface area contributed by atoms with Crippen molar-refractivity contribution in [1.29, 1.82) is 0 Å². The van der Waals surface area contributed by atoms with Gasteiger partial charge in [0.25, 0.3) is 0 Å². The van der Waals surface area contributed by atoms with E-state index in [0.717, 1.165) is 17.3 Å². The molecule has 1 unspecified atom stereocenters. The van der Waals surface area contributed by atoms with Crippen molar-refractivity contribution < 1.29 is 5.11 Å². The van der Waals surface area contributed by atoms with E-state index in [2.05, 4.69) is 5.10 Å². The number of hydrogen-bond donors (Lipinski definition) is 1. The maximum atomic E-state index is 12.8. The van der Waals surface area contributed by atoms with E-state index in [4.69, 9.17) is 0 Å². The summed E-state index contributed by atoms with van der Waals surface area (Å²) in [6.45, 7) is 0. The van der Waals surface area contributed by atoms with Crippen LogP contribution < -0.4 is 4.76 Å². The average Bonchev–Trinajstić information content (AvgIpc) is 2.48. The Kier molecular flexibility index (Phi) is 3.31. The van der Waals surface area contributed by atoms with Crippen molar-refractivity contribution in [3.05, 3.63) is 82.7 Å². The van der Waals surface area contributed by atoms with Crippen LogP contribution in [-0.2, 0) is 0 Å². The number of hydrogen-bond acceptors (Lipinski definition) is 4. The number of aliphatic hydroxyl groups is 1. The number of benzene rings is 2. The zero-order chi connectivity index (χ0) is 14.0. The summed E-state index contributed by atoms with van der Waals surface area (Å²) in [6, 6.07) is 18.1. The van der Waals surface area contributed by atoms with Gasteiger partial charge >= 0.3 is 0 Å². The highest BCUT2D eigenvalue weighted by Gasteiger charge is 2.27. The Bertz CT molecular complexity index is 671. The summed E-state index contributed by atoms with van der Waals surface area (Å²) >= 11 is 1.09. The second kappa shape index (κ2) is 5.13. The first-order valence-electron chi connectivity index (χ1n) is 6.08. The molecular weight excluding hydrogens is 272 g/mol. The molecule has 0 saturated heterocycles. The number of aliphatic hydroxyl groups excluding tert-OH is 1. The molecule has 0 aliphatic carbocycles.